The number of hydrogen-bond donors (Lipinski definition) is 1. The predicted molar refractivity (Wildman–Crippen MR) is 162 cm³/mol. The summed E-state index contributed by atoms with van der Waals surface area (Å²) in [5.41, 5.74) is -0.504. The van der Waals surface area contributed by atoms with Gasteiger partial charge in [0.25, 0.3) is 0 Å². The molecule has 242 valence electrons. The van der Waals surface area contributed by atoms with E-state index in [0.29, 0.717) is 18.5 Å². The molecule has 1 saturated heterocycles. The van der Waals surface area contributed by atoms with E-state index in [4.69, 9.17) is 14.2 Å². The molecule has 1 N–H and O–H groups in total. The molecule has 45 heavy (non-hydrogen) atoms. The summed E-state index contributed by atoms with van der Waals surface area (Å²) in [6.07, 6.45) is 3.42. The van der Waals surface area contributed by atoms with Gasteiger partial charge in [-0.2, -0.15) is 0 Å². The molecule has 0 spiro atoms. The highest BCUT2D eigenvalue weighted by Gasteiger charge is 2.79. The van der Waals surface area contributed by atoms with Crippen LogP contribution >= 0.6 is 0 Å². The molecular formula is C34H43N3O8. The number of carbonyl (C=O) groups is 2. The summed E-state index contributed by atoms with van der Waals surface area (Å²) >= 11 is 0. The molecule has 11 nitrogen and oxygen atoms in total. The number of fused-ring (bicyclic) bond motifs is 2. The van der Waals surface area contributed by atoms with Gasteiger partial charge in [0.1, 0.15) is 12.2 Å². The van der Waals surface area contributed by atoms with E-state index >= 15 is 0 Å². The van der Waals surface area contributed by atoms with Crippen molar-refractivity contribution in [3.05, 3.63) is 62.9 Å². The molecule has 5 aliphatic rings. The number of ether oxygens (including phenoxy) is 3. The monoisotopic (exact) mass is 621 g/mol. The normalized spacial score (nSPS) is 39.8. The molecule has 10 atom stereocenters. The Morgan fingerprint density at radius 2 is 1.80 bits per heavy atom. The lowest BCUT2D eigenvalue weighted by atomic mass is 9.36. The highest BCUT2D eigenvalue weighted by Crippen LogP contribution is 2.77. The zero-order chi connectivity index (χ0) is 32.1. The zero-order valence-electron chi connectivity index (χ0n) is 26.6. The first kappa shape index (κ1) is 30.2. The van der Waals surface area contributed by atoms with Crippen LogP contribution in [0.25, 0.3) is 5.69 Å². The highest BCUT2D eigenvalue weighted by atomic mass is 16.6. The van der Waals surface area contributed by atoms with Crippen molar-refractivity contribution in [1.82, 2.24) is 13.9 Å². The van der Waals surface area contributed by atoms with Crippen LogP contribution in [0.15, 0.2) is 51.6 Å². The molecule has 0 amide bonds. The largest absolute Gasteiger partial charge is 0.459 e. The summed E-state index contributed by atoms with van der Waals surface area (Å²) in [5, 5.41) is 11.3. The van der Waals surface area contributed by atoms with Crippen LogP contribution in [0.5, 0.6) is 0 Å². The Bertz CT molecular complexity index is 1690. The minimum absolute atomic E-state index is 0.0442. The minimum Gasteiger partial charge on any atom is -0.459 e. The van der Waals surface area contributed by atoms with Gasteiger partial charge >= 0.3 is 23.3 Å². The lowest BCUT2D eigenvalue weighted by molar-refractivity contribution is -0.228. The molecule has 3 unspecified atom stereocenters. The molecule has 1 aromatic carbocycles. The van der Waals surface area contributed by atoms with E-state index < -0.39 is 47.3 Å². The standard InChI is InChI=1S/C34H43N3O8/c1-19-11-13-34-16-25(39)28-29(45-28)33(34,5)32(19,4)26(44-27(40)18-43-21(3)38)15-24(20(34)2)22-12-14-35-30(41)37(31(42)36(35)17-22)23-9-7-6-8-10-23/h6-10,12,19-20,24-26,28-29,39H,11,13-18H2,1-5H3/t19?,20-,24+,25-,26+,28?,29?,32-,33-,34-/m0/s1. The smallest absolute Gasteiger partial charge is 0.352 e. The fourth-order valence-corrected chi connectivity index (χ4v) is 10.3. The van der Waals surface area contributed by atoms with Gasteiger partial charge in [0.2, 0.25) is 0 Å². The van der Waals surface area contributed by atoms with Crippen LogP contribution < -0.4 is 11.4 Å². The SMILES string of the molecule is CC(=O)OCC(=O)O[C@@H]1C[C@@H](C2=CCn3c(=O)n(-c4ccccc4)c(=O)n3C2)[C@H](C)[C@@]23CCC(C)[C@]1(C)[C@]2(C)C1OC1[C@@H](O)C3. The van der Waals surface area contributed by atoms with Gasteiger partial charge in [0.15, 0.2) is 6.61 Å². The summed E-state index contributed by atoms with van der Waals surface area (Å²) in [6, 6.07) is 8.92. The second-order valence-corrected chi connectivity index (χ2v) is 14.4. The third-order valence-corrected chi connectivity index (χ3v) is 13.0. The number of aromatic nitrogens is 3. The van der Waals surface area contributed by atoms with Crippen LogP contribution in [-0.2, 0) is 36.9 Å². The van der Waals surface area contributed by atoms with Crippen LogP contribution in [0.3, 0.4) is 0 Å². The number of carbonyl (C=O) groups excluding carboxylic acids is 2. The average molecular weight is 622 g/mol. The lowest BCUT2D eigenvalue weighted by Gasteiger charge is -2.67. The third-order valence-electron chi connectivity index (χ3n) is 13.0. The van der Waals surface area contributed by atoms with E-state index in [1.54, 1.807) is 24.3 Å². The van der Waals surface area contributed by atoms with E-state index in [2.05, 4.69) is 33.8 Å². The van der Waals surface area contributed by atoms with Crippen molar-refractivity contribution < 1.29 is 28.9 Å². The molecule has 2 bridgehead atoms. The van der Waals surface area contributed by atoms with Gasteiger partial charge in [-0.25, -0.2) is 28.3 Å². The first-order valence-corrected chi connectivity index (χ1v) is 16.2. The number of allylic oxidation sites excluding steroid dienone is 2. The number of esters is 2. The van der Waals surface area contributed by atoms with Crippen LogP contribution in [0.4, 0.5) is 0 Å². The molecule has 2 aliphatic heterocycles. The second kappa shape index (κ2) is 10.3. The van der Waals surface area contributed by atoms with E-state index in [0.717, 1.165) is 18.4 Å². The van der Waals surface area contributed by atoms with Crippen molar-refractivity contribution in [2.75, 3.05) is 6.61 Å². The Morgan fingerprint density at radius 3 is 2.51 bits per heavy atom. The van der Waals surface area contributed by atoms with Gasteiger partial charge < -0.3 is 19.3 Å². The van der Waals surface area contributed by atoms with Gasteiger partial charge in [0, 0.05) is 17.8 Å². The topological polar surface area (TPSA) is 134 Å². The molecular weight excluding hydrogens is 578 g/mol. The predicted octanol–water partition coefficient (Wildman–Crippen LogP) is 2.83. The van der Waals surface area contributed by atoms with Gasteiger partial charge in [-0.3, -0.25) is 4.79 Å². The number of hydrogen-bond acceptors (Lipinski definition) is 8. The van der Waals surface area contributed by atoms with Crippen LogP contribution in [-0.4, -0.2) is 62.0 Å². The average Bonchev–Trinajstić information content (AvgIpc) is 3.80. The Kier molecular flexibility index (Phi) is 6.91. The Hall–Kier alpha value is -3.44. The maximum Gasteiger partial charge on any atom is 0.352 e. The number of nitrogens with zero attached hydrogens (tertiary/aromatic N) is 3. The van der Waals surface area contributed by atoms with Gasteiger partial charge in [0.05, 0.1) is 31.0 Å². The molecule has 4 fully saturated rings. The second-order valence-electron chi connectivity index (χ2n) is 14.4. The maximum absolute atomic E-state index is 13.7. The summed E-state index contributed by atoms with van der Waals surface area (Å²) in [4.78, 5) is 51.8. The number of aliphatic hydroxyl groups is 1. The Balaban J connectivity index is 1.32. The van der Waals surface area contributed by atoms with Crippen LogP contribution in [0.1, 0.15) is 60.3 Å². The molecule has 3 saturated carbocycles. The molecule has 3 heterocycles. The van der Waals surface area contributed by atoms with Gasteiger partial charge in [-0.1, -0.05) is 52.0 Å². The van der Waals surface area contributed by atoms with E-state index in [9.17, 15) is 24.3 Å². The number of benzene rings is 1. The van der Waals surface area contributed by atoms with E-state index in [1.807, 2.05) is 6.07 Å². The molecule has 11 heteroatoms. The fourth-order valence-electron chi connectivity index (χ4n) is 10.3. The van der Waals surface area contributed by atoms with Gasteiger partial charge in [-0.05, 0) is 66.6 Å². The highest BCUT2D eigenvalue weighted by molar-refractivity contribution is 5.75. The lowest BCUT2D eigenvalue weighted by Crippen LogP contribution is -2.67. The summed E-state index contributed by atoms with van der Waals surface area (Å²) in [6.45, 7) is 10.3. The number of aliphatic hydroxyl groups excluding tert-OH is 1. The first-order valence-electron chi connectivity index (χ1n) is 16.2. The number of rotatable bonds is 5. The third kappa shape index (κ3) is 4.08. The maximum atomic E-state index is 13.7. The first-order chi connectivity index (χ1) is 21.3. The van der Waals surface area contributed by atoms with E-state index in [1.165, 1.54) is 20.9 Å². The molecule has 2 aromatic rings. The van der Waals surface area contributed by atoms with Crippen molar-refractivity contribution >= 4 is 11.9 Å². The molecule has 3 aliphatic carbocycles. The van der Waals surface area contributed by atoms with Crippen molar-refractivity contribution in [2.24, 2.45) is 34.0 Å². The Morgan fingerprint density at radius 1 is 1.09 bits per heavy atom. The van der Waals surface area contributed by atoms with Crippen molar-refractivity contribution in [2.45, 2.75) is 97.8 Å². The molecule has 1 aromatic heterocycles. The van der Waals surface area contributed by atoms with Gasteiger partial charge in [-0.15, -0.1) is 0 Å². The van der Waals surface area contributed by atoms with E-state index in [-0.39, 0.29) is 54.2 Å². The molecule has 0 radical (unpaired) electrons. The zero-order valence-corrected chi connectivity index (χ0v) is 26.6. The minimum atomic E-state index is -0.594. The van der Waals surface area contributed by atoms with Crippen LogP contribution in [0, 0.1) is 34.0 Å². The Labute approximate surface area is 261 Å². The quantitative estimate of drug-likeness (QED) is 0.306. The summed E-state index contributed by atoms with van der Waals surface area (Å²) in [5.74, 6) is -1.03. The number of epoxide rings is 1. The summed E-state index contributed by atoms with van der Waals surface area (Å²) in [7, 11) is 0. The van der Waals surface area contributed by atoms with Crippen molar-refractivity contribution in [3.63, 3.8) is 0 Å². The number of para-hydroxylation sites is 1. The van der Waals surface area contributed by atoms with Crippen molar-refractivity contribution in [3.8, 4) is 5.69 Å². The van der Waals surface area contributed by atoms with Crippen molar-refractivity contribution in [1.29, 1.82) is 0 Å². The van der Waals surface area contributed by atoms with Crippen LogP contribution in [0.2, 0.25) is 0 Å². The fraction of sp³-hybridized carbons (Fsp3) is 0.647. The summed E-state index contributed by atoms with van der Waals surface area (Å²) < 4.78 is 21.9. The molecule has 7 rings (SSSR count).